The van der Waals surface area contributed by atoms with Gasteiger partial charge in [-0.2, -0.15) is 0 Å². The average Bonchev–Trinajstić information content (AvgIpc) is 2.83. The van der Waals surface area contributed by atoms with Gasteiger partial charge >= 0.3 is 0 Å². The fourth-order valence-electron chi connectivity index (χ4n) is 1.51. The summed E-state index contributed by atoms with van der Waals surface area (Å²) in [5.41, 5.74) is 0.730. The van der Waals surface area contributed by atoms with Crippen molar-refractivity contribution in [2.45, 2.75) is 19.9 Å². The fourth-order valence-corrected chi connectivity index (χ4v) is 1.51. The van der Waals surface area contributed by atoms with Crippen LogP contribution in [-0.2, 0) is 16.1 Å². The number of rotatable bonds is 5. The monoisotopic (exact) mass is 274 g/mol. The zero-order chi connectivity index (χ0) is 14.4. The first kappa shape index (κ1) is 13.7. The maximum atomic E-state index is 11.6. The van der Waals surface area contributed by atoms with Crippen LogP contribution in [0.25, 0.3) is 0 Å². The van der Waals surface area contributed by atoms with Crippen LogP contribution in [-0.4, -0.2) is 22.0 Å². The zero-order valence-electron chi connectivity index (χ0n) is 10.9. The number of anilines is 1. The van der Waals surface area contributed by atoms with E-state index in [1.165, 1.54) is 0 Å². The normalized spacial score (nSPS) is 10.1. The summed E-state index contributed by atoms with van der Waals surface area (Å²) >= 11 is 0. The second kappa shape index (κ2) is 6.46. The molecule has 7 nitrogen and oxygen atoms in total. The van der Waals surface area contributed by atoms with Crippen LogP contribution in [0.1, 0.15) is 17.9 Å². The Morgan fingerprint density at radius 3 is 2.80 bits per heavy atom. The van der Waals surface area contributed by atoms with Gasteiger partial charge in [-0.15, -0.1) is 0 Å². The number of nitrogens with zero attached hydrogens (tertiary/aromatic N) is 2. The van der Waals surface area contributed by atoms with Gasteiger partial charge in [0.2, 0.25) is 11.8 Å². The minimum atomic E-state index is -0.447. The summed E-state index contributed by atoms with van der Waals surface area (Å²) in [6.07, 6.45) is 1.36. The molecule has 0 unspecified atom stereocenters. The van der Waals surface area contributed by atoms with Crippen molar-refractivity contribution < 1.29 is 14.1 Å². The van der Waals surface area contributed by atoms with Crippen LogP contribution >= 0.6 is 0 Å². The molecule has 0 aromatic carbocycles. The summed E-state index contributed by atoms with van der Waals surface area (Å²) in [6, 6.07) is 6.98. The number of carbonyl (C=O) groups is 2. The molecule has 0 aliphatic heterocycles. The van der Waals surface area contributed by atoms with E-state index < -0.39 is 5.91 Å². The Balaban J connectivity index is 1.75. The third kappa shape index (κ3) is 4.20. The first-order valence-electron chi connectivity index (χ1n) is 6.03. The van der Waals surface area contributed by atoms with Crippen molar-refractivity contribution in [1.29, 1.82) is 0 Å². The molecule has 2 aromatic heterocycles. The van der Waals surface area contributed by atoms with Crippen LogP contribution in [0.4, 0.5) is 5.82 Å². The van der Waals surface area contributed by atoms with Crippen molar-refractivity contribution in [2.24, 2.45) is 0 Å². The van der Waals surface area contributed by atoms with E-state index in [4.69, 9.17) is 4.52 Å². The Hall–Kier alpha value is -2.70. The van der Waals surface area contributed by atoms with Crippen LogP contribution in [0, 0.1) is 6.92 Å². The van der Waals surface area contributed by atoms with E-state index in [1.54, 1.807) is 31.3 Å². The largest absolute Gasteiger partial charge is 0.360 e. The van der Waals surface area contributed by atoms with E-state index in [0.717, 1.165) is 5.69 Å². The van der Waals surface area contributed by atoms with Crippen molar-refractivity contribution in [1.82, 2.24) is 15.5 Å². The molecular weight excluding hydrogens is 260 g/mol. The molecule has 2 rings (SSSR count). The van der Waals surface area contributed by atoms with Gasteiger partial charge in [0.05, 0.1) is 12.2 Å². The van der Waals surface area contributed by atoms with Gasteiger partial charge in [0.1, 0.15) is 12.2 Å². The lowest BCUT2D eigenvalue weighted by atomic mass is 10.3. The highest BCUT2D eigenvalue weighted by molar-refractivity contribution is 6.03. The molecule has 0 fully saturated rings. The first-order chi connectivity index (χ1) is 9.63. The summed E-state index contributed by atoms with van der Waals surface area (Å²) in [7, 11) is 0. The van der Waals surface area contributed by atoms with Gasteiger partial charge in [-0.25, -0.2) is 0 Å². The van der Waals surface area contributed by atoms with Gasteiger partial charge in [-0.3, -0.25) is 14.6 Å². The molecule has 2 amide bonds. The molecule has 0 saturated carbocycles. The van der Waals surface area contributed by atoms with Gasteiger partial charge in [-0.1, -0.05) is 11.2 Å². The number of pyridine rings is 1. The molecule has 2 N–H and O–H groups in total. The highest BCUT2D eigenvalue weighted by atomic mass is 16.5. The minimum Gasteiger partial charge on any atom is -0.360 e. The lowest BCUT2D eigenvalue weighted by molar-refractivity contribution is -0.126. The lowest BCUT2D eigenvalue weighted by Gasteiger charge is -2.04. The second-order valence-corrected chi connectivity index (χ2v) is 4.15. The molecular formula is C13H14N4O3. The van der Waals surface area contributed by atoms with Crippen LogP contribution in [0.15, 0.2) is 35.0 Å². The fraction of sp³-hybridized carbons (Fsp3) is 0.231. The van der Waals surface area contributed by atoms with Gasteiger partial charge in [-0.05, 0) is 19.1 Å². The van der Waals surface area contributed by atoms with Gasteiger partial charge in [0.25, 0.3) is 0 Å². The standard InChI is InChI=1S/C13H14N4O3/c1-9-6-11(17-20-9)16-13(19)7-12(18)15-8-10-4-2-3-5-14-10/h2-6H,7-8H2,1H3,(H,15,18)(H,16,17,19). The highest BCUT2D eigenvalue weighted by Crippen LogP contribution is 2.07. The zero-order valence-corrected chi connectivity index (χ0v) is 10.9. The maximum Gasteiger partial charge on any atom is 0.235 e. The third-order valence-electron chi connectivity index (χ3n) is 2.41. The summed E-state index contributed by atoms with van der Waals surface area (Å²) in [5.74, 6) is 0.0510. The van der Waals surface area contributed by atoms with E-state index in [-0.39, 0.29) is 18.9 Å². The van der Waals surface area contributed by atoms with Gasteiger partial charge in [0, 0.05) is 12.3 Å². The SMILES string of the molecule is Cc1cc(NC(=O)CC(=O)NCc2ccccn2)no1. The van der Waals surface area contributed by atoms with Crippen molar-refractivity contribution in [3.8, 4) is 0 Å². The van der Waals surface area contributed by atoms with Crippen LogP contribution in [0.2, 0.25) is 0 Å². The predicted molar refractivity (Wildman–Crippen MR) is 70.6 cm³/mol. The quantitative estimate of drug-likeness (QED) is 0.793. The summed E-state index contributed by atoms with van der Waals surface area (Å²) in [6.45, 7) is 2.00. The average molecular weight is 274 g/mol. The minimum absolute atomic E-state index is 0.279. The number of nitrogens with one attached hydrogen (secondary N) is 2. The molecule has 0 aliphatic rings. The number of amides is 2. The molecule has 0 radical (unpaired) electrons. The number of hydrogen-bond donors (Lipinski definition) is 2. The summed E-state index contributed by atoms with van der Waals surface area (Å²) in [4.78, 5) is 27.2. The van der Waals surface area contributed by atoms with Crippen LogP contribution in [0.3, 0.4) is 0 Å². The Morgan fingerprint density at radius 2 is 2.15 bits per heavy atom. The Bertz CT molecular complexity index is 595. The predicted octanol–water partition coefficient (Wildman–Crippen LogP) is 1.02. The second-order valence-electron chi connectivity index (χ2n) is 4.15. The number of aromatic nitrogens is 2. The smallest absolute Gasteiger partial charge is 0.235 e. The first-order valence-corrected chi connectivity index (χ1v) is 6.03. The van der Waals surface area contributed by atoms with Crippen molar-refractivity contribution >= 4 is 17.6 Å². The molecule has 2 aromatic rings. The van der Waals surface area contributed by atoms with Crippen molar-refractivity contribution in [2.75, 3.05) is 5.32 Å². The molecule has 0 bridgehead atoms. The summed E-state index contributed by atoms with van der Waals surface area (Å²) < 4.78 is 4.80. The van der Waals surface area contributed by atoms with Crippen molar-refractivity contribution in [3.05, 3.63) is 41.9 Å². The molecule has 20 heavy (non-hydrogen) atoms. The molecule has 2 heterocycles. The highest BCUT2D eigenvalue weighted by Gasteiger charge is 2.11. The molecule has 0 atom stereocenters. The molecule has 0 aliphatic carbocycles. The Kier molecular flexibility index (Phi) is 4.43. The van der Waals surface area contributed by atoms with Gasteiger partial charge < -0.3 is 15.2 Å². The molecule has 104 valence electrons. The van der Waals surface area contributed by atoms with Crippen molar-refractivity contribution in [3.63, 3.8) is 0 Å². The number of carbonyl (C=O) groups excluding carboxylic acids is 2. The van der Waals surface area contributed by atoms with Gasteiger partial charge in [0.15, 0.2) is 5.82 Å². The molecule has 0 spiro atoms. The lowest BCUT2D eigenvalue weighted by Crippen LogP contribution is -2.28. The van der Waals surface area contributed by atoms with E-state index in [9.17, 15) is 9.59 Å². The maximum absolute atomic E-state index is 11.6. The number of hydrogen-bond acceptors (Lipinski definition) is 5. The van der Waals surface area contributed by atoms with E-state index >= 15 is 0 Å². The van der Waals surface area contributed by atoms with E-state index in [2.05, 4.69) is 20.8 Å². The Morgan fingerprint density at radius 1 is 1.30 bits per heavy atom. The van der Waals surface area contributed by atoms with Crippen LogP contribution < -0.4 is 10.6 Å². The topological polar surface area (TPSA) is 97.1 Å². The molecule has 7 heteroatoms. The summed E-state index contributed by atoms with van der Waals surface area (Å²) in [5, 5.41) is 8.69. The van der Waals surface area contributed by atoms with E-state index in [1.807, 2.05) is 6.07 Å². The van der Waals surface area contributed by atoms with Crippen LogP contribution in [0.5, 0.6) is 0 Å². The Labute approximate surface area is 115 Å². The van der Waals surface area contributed by atoms with E-state index in [0.29, 0.717) is 11.6 Å². The number of aryl methyl sites for hydroxylation is 1. The molecule has 0 saturated heterocycles. The third-order valence-corrected chi connectivity index (χ3v) is 2.41.